The van der Waals surface area contributed by atoms with Gasteiger partial charge in [-0.25, -0.2) is 0 Å². The molecule has 0 fully saturated rings. The largest absolute Gasteiger partial charge is 0.321 e. The van der Waals surface area contributed by atoms with E-state index in [4.69, 9.17) is 5.73 Å². The first kappa shape index (κ1) is 11.6. The highest BCUT2D eigenvalue weighted by atomic mass is 16.1. The fourth-order valence-corrected chi connectivity index (χ4v) is 1.78. The summed E-state index contributed by atoms with van der Waals surface area (Å²) >= 11 is 0. The van der Waals surface area contributed by atoms with Crippen LogP contribution in [0.1, 0.15) is 5.56 Å². The van der Waals surface area contributed by atoms with Crippen LogP contribution in [0.15, 0.2) is 54.6 Å². The number of carbonyl (C=O) groups is 1. The van der Waals surface area contributed by atoms with Crippen molar-refractivity contribution in [2.24, 2.45) is 5.73 Å². The second kappa shape index (κ2) is 5.41. The Morgan fingerprint density at radius 2 is 1.53 bits per heavy atom. The molecule has 2 aromatic carbocycles. The van der Waals surface area contributed by atoms with Crippen LogP contribution in [0.25, 0.3) is 11.1 Å². The summed E-state index contributed by atoms with van der Waals surface area (Å²) < 4.78 is 0. The van der Waals surface area contributed by atoms with Gasteiger partial charge in [-0.05, 0) is 23.1 Å². The van der Waals surface area contributed by atoms with Gasteiger partial charge in [-0.15, -0.1) is 0 Å². The smallest absolute Gasteiger partial charge is 0.137 e. The van der Waals surface area contributed by atoms with Crippen LogP contribution in [0, 0.1) is 0 Å². The van der Waals surface area contributed by atoms with E-state index in [2.05, 4.69) is 24.3 Å². The SMILES string of the molecule is N[C@H](C=O)Cc1ccc(-c2ccccc2)cc1. The third-order valence-electron chi connectivity index (χ3n) is 2.71. The van der Waals surface area contributed by atoms with Crippen molar-refractivity contribution >= 4 is 6.29 Å². The highest BCUT2D eigenvalue weighted by molar-refractivity contribution is 5.64. The molecule has 2 heteroatoms. The van der Waals surface area contributed by atoms with Gasteiger partial charge in [-0.1, -0.05) is 54.6 Å². The Kier molecular flexibility index (Phi) is 3.68. The van der Waals surface area contributed by atoms with E-state index in [-0.39, 0.29) is 0 Å². The van der Waals surface area contributed by atoms with Gasteiger partial charge in [0.2, 0.25) is 0 Å². The van der Waals surface area contributed by atoms with Crippen molar-refractivity contribution in [2.75, 3.05) is 0 Å². The van der Waals surface area contributed by atoms with Crippen molar-refractivity contribution < 1.29 is 4.79 Å². The summed E-state index contributed by atoms with van der Waals surface area (Å²) in [4.78, 5) is 10.5. The van der Waals surface area contributed by atoms with Gasteiger partial charge in [0.1, 0.15) is 6.29 Å². The molecule has 0 aliphatic heterocycles. The molecular weight excluding hydrogens is 210 g/mol. The molecule has 17 heavy (non-hydrogen) atoms. The van der Waals surface area contributed by atoms with Crippen molar-refractivity contribution in [3.05, 3.63) is 60.2 Å². The van der Waals surface area contributed by atoms with E-state index >= 15 is 0 Å². The molecule has 0 bridgehead atoms. The minimum Gasteiger partial charge on any atom is -0.321 e. The normalized spacial score (nSPS) is 12.1. The number of nitrogens with two attached hydrogens (primary N) is 1. The molecule has 0 aromatic heterocycles. The summed E-state index contributed by atoms with van der Waals surface area (Å²) in [6.07, 6.45) is 1.38. The molecule has 2 rings (SSSR count). The van der Waals surface area contributed by atoms with Crippen LogP contribution < -0.4 is 5.73 Å². The molecule has 0 aliphatic rings. The molecule has 2 aromatic rings. The lowest BCUT2D eigenvalue weighted by Crippen LogP contribution is -2.23. The summed E-state index contributed by atoms with van der Waals surface area (Å²) in [5, 5.41) is 0. The average molecular weight is 225 g/mol. The summed E-state index contributed by atoms with van der Waals surface area (Å²) in [6.45, 7) is 0. The van der Waals surface area contributed by atoms with Gasteiger partial charge < -0.3 is 10.5 Å². The molecule has 0 heterocycles. The molecule has 86 valence electrons. The van der Waals surface area contributed by atoms with E-state index < -0.39 is 6.04 Å². The average Bonchev–Trinajstić information content (AvgIpc) is 2.40. The Morgan fingerprint density at radius 3 is 2.12 bits per heavy atom. The number of aldehydes is 1. The van der Waals surface area contributed by atoms with Crippen LogP contribution in [0.5, 0.6) is 0 Å². The standard InChI is InChI=1S/C15H15NO/c16-15(11-17)10-12-6-8-14(9-7-12)13-4-2-1-3-5-13/h1-9,11,15H,10,16H2/t15-/m0/s1. The highest BCUT2D eigenvalue weighted by Crippen LogP contribution is 2.19. The van der Waals surface area contributed by atoms with E-state index in [0.29, 0.717) is 6.42 Å². The lowest BCUT2D eigenvalue weighted by atomic mass is 10.0. The second-order valence-electron chi connectivity index (χ2n) is 4.07. The number of hydrogen-bond acceptors (Lipinski definition) is 2. The molecule has 1 atom stereocenters. The maximum atomic E-state index is 10.5. The molecule has 0 unspecified atom stereocenters. The van der Waals surface area contributed by atoms with Crippen molar-refractivity contribution in [1.82, 2.24) is 0 Å². The molecule has 0 spiro atoms. The molecule has 0 radical (unpaired) electrons. The maximum Gasteiger partial charge on any atom is 0.137 e. The van der Waals surface area contributed by atoms with Gasteiger partial charge >= 0.3 is 0 Å². The Morgan fingerprint density at radius 1 is 0.941 bits per heavy atom. The summed E-state index contributed by atoms with van der Waals surface area (Å²) in [5.74, 6) is 0. The van der Waals surface area contributed by atoms with Gasteiger partial charge in [0.15, 0.2) is 0 Å². The topological polar surface area (TPSA) is 43.1 Å². The molecular formula is C15H15NO. The first-order chi connectivity index (χ1) is 8.29. The predicted molar refractivity (Wildman–Crippen MR) is 69.6 cm³/mol. The Hall–Kier alpha value is -1.93. The molecule has 0 amide bonds. The summed E-state index contributed by atoms with van der Waals surface area (Å²) in [7, 11) is 0. The quantitative estimate of drug-likeness (QED) is 0.812. The van der Waals surface area contributed by atoms with E-state index in [0.717, 1.165) is 11.8 Å². The monoisotopic (exact) mass is 225 g/mol. The maximum absolute atomic E-state index is 10.5. The van der Waals surface area contributed by atoms with E-state index in [9.17, 15) is 4.79 Å². The Balaban J connectivity index is 2.16. The Labute approximate surface area is 101 Å². The lowest BCUT2D eigenvalue weighted by Gasteiger charge is -2.06. The highest BCUT2D eigenvalue weighted by Gasteiger charge is 2.02. The van der Waals surface area contributed by atoms with E-state index in [1.165, 1.54) is 11.1 Å². The molecule has 2 N–H and O–H groups in total. The predicted octanol–water partition coefficient (Wildman–Crippen LogP) is 2.42. The van der Waals surface area contributed by atoms with Crippen LogP contribution in [-0.4, -0.2) is 12.3 Å². The third kappa shape index (κ3) is 3.02. The minimum absolute atomic E-state index is 0.405. The van der Waals surface area contributed by atoms with Gasteiger partial charge in [0.05, 0.1) is 6.04 Å². The van der Waals surface area contributed by atoms with Gasteiger partial charge in [0.25, 0.3) is 0 Å². The fourth-order valence-electron chi connectivity index (χ4n) is 1.78. The van der Waals surface area contributed by atoms with Crippen molar-refractivity contribution in [1.29, 1.82) is 0 Å². The number of hydrogen-bond donors (Lipinski definition) is 1. The zero-order valence-corrected chi connectivity index (χ0v) is 9.54. The summed E-state index contributed by atoms with van der Waals surface area (Å²) in [6, 6.07) is 17.9. The van der Waals surface area contributed by atoms with Crippen LogP contribution in [0.2, 0.25) is 0 Å². The van der Waals surface area contributed by atoms with Gasteiger partial charge in [-0.2, -0.15) is 0 Å². The van der Waals surface area contributed by atoms with Crippen molar-refractivity contribution in [2.45, 2.75) is 12.5 Å². The minimum atomic E-state index is -0.405. The fraction of sp³-hybridized carbons (Fsp3) is 0.133. The number of benzene rings is 2. The number of carbonyl (C=O) groups excluding carboxylic acids is 1. The van der Waals surface area contributed by atoms with Crippen LogP contribution in [0.3, 0.4) is 0 Å². The first-order valence-electron chi connectivity index (χ1n) is 5.65. The van der Waals surface area contributed by atoms with Crippen LogP contribution in [0.4, 0.5) is 0 Å². The van der Waals surface area contributed by atoms with Crippen LogP contribution >= 0.6 is 0 Å². The molecule has 0 saturated carbocycles. The summed E-state index contributed by atoms with van der Waals surface area (Å²) in [5.41, 5.74) is 9.04. The molecule has 0 aliphatic carbocycles. The van der Waals surface area contributed by atoms with Gasteiger partial charge in [0, 0.05) is 0 Å². The number of rotatable bonds is 4. The van der Waals surface area contributed by atoms with E-state index in [1.807, 2.05) is 30.3 Å². The molecule has 0 saturated heterocycles. The molecule has 2 nitrogen and oxygen atoms in total. The van der Waals surface area contributed by atoms with Crippen molar-refractivity contribution in [3.8, 4) is 11.1 Å². The van der Waals surface area contributed by atoms with Crippen LogP contribution in [-0.2, 0) is 11.2 Å². The zero-order chi connectivity index (χ0) is 12.1. The third-order valence-corrected chi connectivity index (χ3v) is 2.71. The Bertz CT molecular complexity index is 476. The van der Waals surface area contributed by atoms with E-state index in [1.54, 1.807) is 0 Å². The zero-order valence-electron chi connectivity index (χ0n) is 9.54. The van der Waals surface area contributed by atoms with Gasteiger partial charge in [-0.3, -0.25) is 0 Å². The first-order valence-corrected chi connectivity index (χ1v) is 5.65. The lowest BCUT2D eigenvalue weighted by molar-refractivity contribution is -0.108. The second-order valence-corrected chi connectivity index (χ2v) is 4.07. The van der Waals surface area contributed by atoms with Crippen molar-refractivity contribution in [3.63, 3.8) is 0 Å².